The van der Waals surface area contributed by atoms with Crippen molar-refractivity contribution in [3.8, 4) is 0 Å². The smallest absolute Gasteiger partial charge is 0.309 e. The van der Waals surface area contributed by atoms with Gasteiger partial charge in [-0.15, -0.1) is 0 Å². The van der Waals surface area contributed by atoms with Crippen molar-refractivity contribution in [1.82, 2.24) is 0 Å². The van der Waals surface area contributed by atoms with Gasteiger partial charge in [-0.1, -0.05) is 0 Å². The Kier molecular flexibility index (Phi) is 1.63. The van der Waals surface area contributed by atoms with Crippen molar-refractivity contribution in [2.75, 3.05) is 20.3 Å². The molecule has 0 spiro atoms. The molecular formula is C8H12O4. The summed E-state index contributed by atoms with van der Waals surface area (Å²) in [5, 5.41) is 8.84. The summed E-state index contributed by atoms with van der Waals surface area (Å²) in [5.74, 6) is -1.02. The van der Waals surface area contributed by atoms with Gasteiger partial charge < -0.3 is 14.6 Å². The average molecular weight is 172 g/mol. The fraction of sp³-hybridized carbons (Fsp3) is 0.875. The highest BCUT2D eigenvalue weighted by Crippen LogP contribution is 2.57. The van der Waals surface area contributed by atoms with Gasteiger partial charge in [0.1, 0.15) is 0 Å². The van der Waals surface area contributed by atoms with Crippen molar-refractivity contribution in [2.24, 2.45) is 11.8 Å². The fourth-order valence-electron chi connectivity index (χ4n) is 2.27. The maximum absolute atomic E-state index is 10.8. The first-order valence-electron chi connectivity index (χ1n) is 4.08. The Morgan fingerprint density at radius 2 is 2.50 bits per heavy atom. The second-order valence-corrected chi connectivity index (χ2v) is 3.41. The van der Waals surface area contributed by atoms with Crippen LogP contribution >= 0.6 is 0 Å². The van der Waals surface area contributed by atoms with Crippen LogP contribution in [0.15, 0.2) is 0 Å². The number of hydrogen-bond acceptors (Lipinski definition) is 3. The number of hydrogen-bond donors (Lipinski definition) is 1. The first-order chi connectivity index (χ1) is 5.72. The second-order valence-electron chi connectivity index (χ2n) is 3.41. The number of rotatable bonds is 2. The van der Waals surface area contributed by atoms with Crippen molar-refractivity contribution in [1.29, 1.82) is 0 Å². The molecule has 1 N–H and O–H groups in total. The third kappa shape index (κ3) is 0.820. The van der Waals surface area contributed by atoms with Crippen LogP contribution in [0.2, 0.25) is 0 Å². The number of aliphatic carboxylic acids is 1. The molecule has 0 amide bonds. The molecule has 4 heteroatoms. The summed E-state index contributed by atoms with van der Waals surface area (Å²) in [6.07, 6.45) is 0.713. The number of carbonyl (C=O) groups is 1. The van der Waals surface area contributed by atoms with E-state index in [0.717, 1.165) is 0 Å². The molecule has 1 heterocycles. The third-order valence-corrected chi connectivity index (χ3v) is 3.03. The molecule has 1 saturated carbocycles. The highest BCUT2D eigenvalue weighted by Gasteiger charge is 2.70. The molecule has 3 unspecified atom stereocenters. The largest absolute Gasteiger partial charge is 0.481 e. The van der Waals surface area contributed by atoms with Gasteiger partial charge in [-0.2, -0.15) is 0 Å². The molecule has 4 nitrogen and oxygen atoms in total. The minimum Gasteiger partial charge on any atom is -0.481 e. The van der Waals surface area contributed by atoms with E-state index in [4.69, 9.17) is 14.6 Å². The van der Waals surface area contributed by atoms with Crippen molar-refractivity contribution in [2.45, 2.75) is 12.0 Å². The Hall–Kier alpha value is -0.610. The van der Waals surface area contributed by atoms with Crippen LogP contribution in [-0.2, 0) is 14.3 Å². The van der Waals surface area contributed by atoms with E-state index in [0.29, 0.717) is 19.6 Å². The van der Waals surface area contributed by atoms with Gasteiger partial charge in [0.2, 0.25) is 0 Å². The standard InChI is InChI=1S/C8H12O4/c1-11-8-2-3-12-4-5(8)6(8)7(9)10/h5-6H,2-4H2,1H3,(H,9,10). The molecule has 12 heavy (non-hydrogen) atoms. The average Bonchev–Trinajstić information content (AvgIpc) is 2.73. The maximum atomic E-state index is 10.8. The highest BCUT2D eigenvalue weighted by atomic mass is 16.5. The van der Waals surface area contributed by atoms with Crippen LogP contribution in [0.3, 0.4) is 0 Å². The van der Waals surface area contributed by atoms with E-state index in [2.05, 4.69) is 0 Å². The predicted octanol–water partition coefficient (Wildman–Crippen LogP) is 0.122. The van der Waals surface area contributed by atoms with E-state index in [1.165, 1.54) is 0 Å². The van der Waals surface area contributed by atoms with Gasteiger partial charge in [0, 0.05) is 26.1 Å². The summed E-state index contributed by atoms with van der Waals surface area (Å²) in [6.45, 7) is 1.15. The molecule has 0 radical (unpaired) electrons. The minimum atomic E-state index is -0.757. The third-order valence-electron chi connectivity index (χ3n) is 3.03. The molecule has 1 aliphatic carbocycles. The molecule has 2 rings (SSSR count). The minimum absolute atomic E-state index is 0.0775. The van der Waals surface area contributed by atoms with E-state index in [-0.39, 0.29) is 11.8 Å². The maximum Gasteiger partial charge on any atom is 0.309 e. The molecule has 0 aromatic carbocycles. The zero-order valence-corrected chi connectivity index (χ0v) is 6.95. The van der Waals surface area contributed by atoms with Gasteiger partial charge in [0.25, 0.3) is 0 Å². The zero-order chi connectivity index (χ0) is 8.77. The molecular weight excluding hydrogens is 160 g/mol. The van der Waals surface area contributed by atoms with Crippen LogP contribution in [0.25, 0.3) is 0 Å². The normalized spacial score (nSPS) is 45.1. The Labute approximate surface area is 70.5 Å². The first kappa shape index (κ1) is 8.01. The highest BCUT2D eigenvalue weighted by molar-refractivity contribution is 5.77. The molecule has 1 aliphatic heterocycles. The summed E-state index contributed by atoms with van der Waals surface area (Å²) in [5.41, 5.74) is -0.399. The van der Waals surface area contributed by atoms with Gasteiger partial charge in [-0.3, -0.25) is 4.79 Å². The molecule has 0 bridgehead atoms. The van der Waals surface area contributed by atoms with Gasteiger partial charge in [-0.05, 0) is 0 Å². The lowest BCUT2D eigenvalue weighted by molar-refractivity contribution is -0.140. The molecule has 1 saturated heterocycles. The summed E-state index contributed by atoms with van der Waals surface area (Å²) < 4.78 is 10.5. The van der Waals surface area contributed by atoms with Crippen LogP contribution in [0.1, 0.15) is 6.42 Å². The SMILES string of the molecule is COC12CCOCC1C2C(=O)O. The Balaban J connectivity index is 2.15. The van der Waals surface area contributed by atoms with Crippen molar-refractivity contribution >= 4 is 5.97 Å². The van der Waals surface area contributed by atoms with E-state index < -0.39 is 11.6 Å². The molecule has 0 aromatic heterocycles. The number of methoxy groups -OCH3 is 1. The van der Waals surface area contributed by atoms with Crippen LogP contribution in [0.4, 0.5) is 0 Å². The predicted molar refractivity (Wildman–Crippen MR) is 39.8 cm³/mol. The van der Waals surface area contributed by atoms with Gasteiger partial charge >= 0.3 is 5.97 Å². The van der Waals surface area contributed by atoms with Crippen LogP contribution in [0.5, 0.6) is 0 Å². The lowest BCUT2D eigenvalue weighted by atomic mass is 10.1. The van der Waals surface area contributed by atoms with E-state index in [1.807, 2.05) is 0 Å². The van der Waals surface area contributed by atoms with Crippen LogP contribution in [-0.4, -0.2) is 37.0 Å². The summed E-state index contributed by atoms with van der Waals surface area (Å²) in [4.78, 5) is 10.8. The second kappa shape index (κ2) is 2.44. The summed E-state index contributed by atoms with van der Waals surface area (Å²) in [6, 6.07) is 0. The van der Waals surface area contributed by atoms with Crippen molar-refractivity contribution in [3.63, 3.8) is 0 Å². The van der Waals surface area contributed by atoms with E-state index >= 15 is 0 Å². The zero-order valence-electron chi connectivity index (χ0n) is 6.95. The number of carboxylic acids is 1. The first-order valence-corrected chi connectivity index (χ1v) is 4.08. The van der Waals surface area contributed by atoms with Crippen molar-refractivity contribution < 1.29 is 19.4 Å². The van der Waals surface area contributed by atoms with Gasteiger partial charge in [-0.25, -0.2) is 0 Å². The van der Waals surface area contributed by atoms with E-state index in [9.17, 15) is 4.79 Å². The summed E-state index contributed by atoms with van der Waals surface area (Å²) >= 11 is 0. The van der Waals surface area contributed by atoms with E-state index in [1.54, 1.807) is 7.11 Å². The Bertz CT molecular complexity index is 215. The molecule has 68 valence electrons. The van der Waals surface area contributed by atoms with Crippen LogP contribution < -0.4 is 0 Å². The summed E-state index contributed by atoms with van der Waals surface area (Å²) in [7, 11) is 1.58. The Morgan fingerprint density at radius 1 is 1.75 bits per heavy atom. The number of carboxylic acid groups (broad SMARTS) is 1. The monoisotopic (exact) mass is 172 g/mol. The van der Waals surface area contributed by atoms with Crippen LogP contribution in [0, 0.1) is 11.8 Å². The van der Waals surface area contributed by atoms with Gasteiger partial charge in [0.15, 0.2) is 0 Å². The number of fused-ring (bicyclic) bond motifs is 1. The topological polar surface area (TPSA) is 55.8 Å². The quantitative estimate of drug-likeness (QED) is 0.643. The lowest BCUT2D eigenvalue weighted by Crippen LogP contribution is -2.26. The van der Waals surface area contributed by atoms with Crippen molar-refractivity contribution in [3.05, 3.63) is 0 Å². The lowest BCUT2D eigenvalue weighted by Gasteiger charge is -2.20. The molecule has 3 atom stereocenters. The molecule has 2 aliphatic rings. The molecule has 0 aromatic rings. The molecule has 2 fully saturated rings. The van der Waals surface area contributed by atoms with Gasteiger partial charge in [0.05, 0.1) is 18.1 Å². The Morgan fingerprint density at radius 3 is 3.00 bits per heavy atom. The number of ether oxygens (including phenoxy) is 2. The fourth-order valence-corrected chi connectivity index (χ4v) is 2.27.